The van der Waals surface area contributed by atoms with Crippen LogP contribution in [0.1, 0.15) is 58.1 Å². The predicted octanol–water partition coefficient (Wildman–Crippen LogP) is 3.96. The van der Waals surface area contributed by atoms with Crippen LogP contribution in [0, 0.1) is 5.92 Å². The van der Waals surface area contributed by atoms with E-state index in [2.05, 4.69) is 26.1 Å². The molecule has 0 radical (unpaired) electrons. The summed E-state index contributed by atoms with van der Waals surface area (Å²) in [5.41, 5.74) is 1.18. The normalized spacial score (nSPS) is 13.6. The maximum atomic E-state index is 11.5. The highest BCUT2D eigenvalue weighted by Gasteiger charge is 2.13. The molecule has 0 heterocycles. The smallest absolute Gasteiger partial charge is 0.175 e. The molecule has 0 fully saturated rings. The number of benzene rings is 1. The minimum atomic E-state index is -3.11. The Hall–Kier alpha value is -0.870. The van der Waals surface area contributed by atoms with Crippen molar-refractivity contribution in [3.05, 3.63) is 29.8 Å². The van der Waals surface area contributed by atoms with Crippen molar-refractivity contribution in [1.82, 2.24) is 5.32 Å². The minimum absolute atomic E-state index is 0.317. The third-order valence-corrected chi connectivity index (χ3v) is 4.75. The summed E-state index contributed by atoms with van der Waals surface area (Å²) in [4.78, 5) is 0.391. The maximum Gasteiger partial charge on any atom is 0.175 e. The van der Waals surface area contributed by atoms with E-state index in [9.17, 15) is 8.42 Å². The van der Waals surface area contributed by atoms with Gasteiger partial charge in [0.1, 0.15) is 0 Å². The van der Waals surface area contributed by atoms with E-state index in [1.165, 1.54) is 24.7 Å². The van der Waals surface area contributed by atoms with Crippen LogP contribution in [0.5, 0.6) is 0 Å². The van der Waals surface area contributed by atoms with Gasteiger partial charge in [0.25, 0.3) is 0 Å². The molecule has 1 aromatic rings. The molecule has 120 valence electrons. The van der Waals surface area contributed by atoms with Crippen LogP contribution in [0.25, 0.3) is 0 Å². The van der Waals surface area contributed by atoms with Gasteiger partial charge in [-0.3, -0.25) is 0 Å². The minimum Gasteiger partial charge on any atom is -0.310 e. The molecule has 0 amide bonds. The van der Waals surface area contributed by atoms with Crippen molar-refractivity contribution in [2.45, 2.75) is 57.4 Å². The summed E-state index contributed by atoms with van der Waals surface area (Å²) in [6.07, 6.45) is 5.86. The van der Waals surface area contributed by atoms with Crippen LogP contribution in [-0.2, 0) is 9.84 Å². The summed E-state index contributed by atoms with van der Waals surface area (Å²) >= 11 is 0. The zero-order chi connectivity index (χ0) is 15.9. The number of sulfone groups is 1. The van der Waals surface area contributed by atoms with Gasteiger partial charge in [0.05, 0.1) is 4.90 Å². The molecule has 0 saturated heterocycles. The first-order chi connectivity index (χ1) is 9.84. The number of rotatable bonds is 9. The summed E-state index contributed by atoms with van der Waals surface area (Å²) in [6, 6.07) is 7.64. The van der Waals surface area contributed by atoms with Crippen LogP contribution in [0.15, 0.2) is 29.2 Å². The molecule has 3 nitrogen and oxygen atoms in total. The van der Waals surface area contributed by atoms with Crippen molar-refractivity contribution in [2.75, 3.05) is 12.8 Å². The Morgan fingerprint density at radius 3 is 2.19 bits per heavy atom. The molecule has 1 rings (SSSR count). The van der Waals surface area contributed by atoms with Crippen LogP contribution in [0.4, 0.5) is 0 Å². The van der Waals surface area contributed by atoms with Gasteiger partial charge in [0.2, 0.25) is 0 Å². The zero-order valence-electron chi connectivity index (χ0n) is 13.7. The second kappa shape index (κ2) is 8.54. The van der Waals surface area contributed by atoms with E-state index in [0.29, 0.717) is 10.9 Å². The summed E-state index contributed by atoms with van der Waals surface area (Å²) in [6.45, 7) is 7.63. The van der Waals surface area contributed by atoms with E-state index in [4.69, 9.17) is 0 Å². The van der Waals surface area contributed by atoms with E-state index < -0.39 is 9.84 Å². The van der Waals surface area contributed by atoms with Gasteiger partial charge in [-0.05, 0) is 43.0 Å². The van der Waals surface area contributed by atoms with Crippen molar-refractivity contribution < 1.29 is 8.42 Å². The highest BCUT2D eigenvalue weighted by Crippen LogP contribution is 2.22. The number of hydrogen-bond donors (Lipinski definition) is 1. The summed E-state index contributed by atoms with van der Waals surface area (Å²) in [7, 11) is -3.11. The average molecular weight is 311 g/mol. The quantitative estimate of drug-likeness (QED) is 0.751. The fraction of sp³-hybridized carbons (Fsp3) is 0.647. The van der Waals surface area contributed by atoms with Gasteiger partial charge >= 0.3 is 0 Å². The van der Waals surface area contributed by atoms with Crippen molar-refractivity contribution in [1.29, 1.82) is 0 Å². The predicted molar refractivity (Wildman–Crippen MR) is 89.3 cm³/mol. The van der Waals surface area contributed by atoms with Crippen molar-refractivity contribution >= 4 is 9.84 Å². The van der Waals surface area contributed by atoms with Crippen molar-refractivity contribution in [3.8, 4) is 0 Å². The van der Waals surface area contributed by atoms with E-state index in [1.54, 1.807) is 12.1 Å². The number of hydrogen-bond acceptors (Lipinski definition) is 3. The summed E-state index contributed by atoms with van der Waals surface area (Å²) < 4.78 is 23.0. The lowest BCUT2D eigenvalue weighted by molar-refractivity contribution is 0.447. The van der Waals surface area contributed by atoms with Crippen LogP contribution in [0.2, 0.25) is 0 Å². The Morgan fingerprint density at radius 2 is 1.71 bits per heavy atom. The first-order valence-electron chi connectivity index (χ1n) is 7.88. The molecule has 1 aromatic carbocycles. The topological polar surface area (TPSA) is 46.2 Å². The fourth-order valence-electron chi connectivity index (χ4n) is 2.38. The number of nitrogens with one attached hydrogen (secondary N) is 1. The van der Waals surface area contributed by atoms with Gasteiger partial charge in [-0.1, -0.05) is 45.7 Å². The van der Waals surface area contributed by atoms with Crippen LogP contribution in [-0.4, -0.2) is 21.2 Å². The van der Waals surface area contributed by atoms with Gasteiger partial charge in [-0.2, -0.15) is 0 Å². The highest BCUT2D eigenvalue weighted by molar-refractivity contribution is 7.90. The molecule has 1 atom stereocenters. The van der Waals surface area contributed by atoms with Gasteiger partial charge in [-0.25, -0.2) is 8.42 Å². The third-order valence-electron chi connectivity index (χ3n) is 3.63. The summed E-state index contributed by atoms with van der Waals surface area (Å²) in [5, 5.41) is 3.57. The lowest BCUT2D eigenvalue weighted by Gasteiger charge is -2.20. The molecular weight excluding hydrogens is 282 g/mol. The molecule has 21 heavy (non-hydrogen) atoms. The molecule has 0 aliphatic rings. The second-order valence-electron chi connectivity index (χ2n) is 6.17. The van der Waals surface area contributed by atoms with Crippen LogP contribution in [0.3, 0.4) is 0 Å². The fourth-order valence-corrected chi connectivity index (χ4v) is 3.01. The molecule has 0 bridgehead atoms. The molecule has 0 aliphatic heterocycles. The summed E-state index contributed by atoms with van der Waals surface area (Å²) in [5.74, 6) is 0.726. The van der Waals surface area contributed by atoms with E-state index in [-0.39, 0.29) is 0 Å². The monoisotopic (exact) mass is 311 g/mol. The Kier molecular flexibility index (Phi) is 7.40. The molecule has 1 N–H and O–H groups in total. The highest BCUT2D eigenvalue weighted by atomic mass is 32.2. The molecule has 1 unspecified atom stereocenters. The van der Waals surface area contributed by atoms with E-state index in [0.717, 1.165) is 25.3 Å². The third kappa shape index (κ3) is 6.62. The molecule has 0 saturated carbocycles. The first kappa shape index (κ1) is 18.2. The Morgan fingerprint density at radius 1 is 1.10 bits per heavy atom. The van der Waals surface area contributed by atoms with E-state index in [1.807, 2.05) is 12.1 Å². The molecule has 0 aromatic heterocycles. The van der Waals surface area contributed by atoms with Gasteiger partial charge in [0.15, 0.2) is 9.84 Å². The Balaban J connectivity index is 2.77. The van der Waals surface area contributed by atoms with Gasteiger partial charge in [-0.15, -0.1) is 0 Å². The van der Waals surface area contributed by atoms with Crippen LogP contribution >= 0.6 is 0 Å². The van der Waals surface area contributed by atoms with Crippen molar-refractivity contribution in [2.24, 2.45) is 5.92 Å². The average Bonchev–Trinajstić information content (AvgIpc) is 2.41. The molecular formula is C17H29NO2S. The SMILES string of the molecule is CCCNC(CCCC(C)C)c1ccc(S(C)(=O)=O)cc1. The molecule has 4 heteroatoms. The largest absolute Gasteiger partial charge is 0.310 e. The second-order valence-corrected chi connectivity index (χ2v) is 8.19. The molecule has 0 spiro atoms. The Bertz CT molecular complexity index is 506. The maximum absolute atomic E-state index is 11.5. The van der Waals surface area contributed by atoms with Gasteiger partial charge < -0.3 is 5.32 Å². The van der Waals surface area contributed by atoms with Crippen molar-refractivity contribution in [3.63, 3.8) is 0 Å². The zero-order valence-corrected chi connectivity index (χ0v) is 14.5. The lowest BCUT2D eigenvalue weighted by Crippen LogP contribution is -2.22. The van der Waals surface area contributed by atoms with E-state index >= 15 is 0 Å². The molecule has 0 aliphatic carbocycles. The Labute approximate surface area is 130 Å². The first-order valence-corrected chi connectivity index (χ1v) is 9.77. The lowest BCUT2D eigenvalue weighted by atomic mass is 9.98. The standard InChI is InChI=1S/C17H29NO2S/c1-5-13-18-17(8-6-7-14(2)3)15-9-11-16(12-10-15)21(4,19)20/h9-12,14,17-18H,5-8,13H2,1-4H3. The van der Waals surface area contributed by atoms with Crippen LogP contribution < -0.4 is 5.32 Å². The van der Waals surface area contributed by atoms with Gasteiger partial charge in [0, 0.05) is 12.3 Å².